The molecule has 1 aromatic carbocycles. The maximum absolute atomic E-state index is 12.4. The van der Waals surface area contributed by atoms with Gasteiger partial charge in [0.2, 0.25) is 11.8 Å². The predicted octanol–water partition coefficient (Wildman–Crippen LogP) is 0.853. The van der Waals surface area contributed by atoms with Crippen LogP contribution in [0.15, 0.2) is 30.3 Å². The summed E-state index contributed by atoms with van der Waals surface area (Å²) in [6.07, 6.45) is 0.238. The van der Waals surface area contributed by atoms with E-state index in [4.69, 9.17) is 5.26 Å². The number of hydrogen-bond acceptors (Lipinski definition) is 4. The predicted molar refractivity (Wildman–Crippen MR) is 86.7 cm³/mol. The van der Waals surface area contributed by atoms with Crippen molar-refractivity contribution >= 4 is 17.8 Å². The topological polar surface area (TPSA) is 119 Å². The van der Waals surface area contributed by atoms with Crippen molar-refractivity contribution in [1.82, 2.24) is 10.6 Å². The van der Waals surface area contributed by atoms with Gasteiger partial charge in [-0.15, -0.1) is 0 Å². The molecular weight excluding hydrogens is 310 g/mol. The highest BCUT2D eigenvalue weighted by atomic mass is 16.4. The quantitative estimate of drug-likeness (QED) is 0.652. The normalized spacial score (nSPS) is 13.9. The highest BCUT2D eigenvalue weighted by Gasteiger charge is 2.27. The Hall–Kier alpha value is -2.88. The molecule has 128 valence electrons. The third-order valence-electron chi connectivity index (χ3n) is 3.40. The Kier molecular flexibility index (Phi) is 7.43. The van der Waals surface area contributed by atoms with Crippen LogP contribution >= 0.6 is 0 Å². The van der Waals surface area contributed by atoms with Crippen LogP contribution in [-0.4, -0.2) is 35.0 Å². The molecule has 0 aliphatic rings. The molecule has 2 amide bonds. The first-order valence-corrected chi connectivity index (χ1v) is 7.57. The zero-order valence-electron chi connectivity index (χ0n) is 13.7. The first-order valence-electron chi connectivity index (χ1n) is 7.57. The highest BCUT2D eigenvalue weighted by molar-refractivity contribution is 5.90. The third-order valence-corrected chi connectivity index (χ3v) is 3.40. The van der Waals surface area contributed by atoms with Crippen LogP contribution in [0.25, 0.3) is 0 Å². The number of amides is 2. The van der Waals surface area contributed by atoms with Crippen molar-refractivity contribution in [3.05, 3.63) is 35.9 Å². The van der Waals surface area contributed by atoms with E-state index >= 15 is 0 Å². The van der Waals surface area contributed by atoms with Crippen molar-refractivity contribution in [2.45, 2.75) is 38.8 Å². The molecule has 0 heterocycles. The molecular formula is C17H21N3O4. The molecule has 0 fully saturated rings. The number of carbonyl (C=O) groups is 3. The summed E-state index contributed by atoms with van der Waals surface area (Å²) in [5.41, 5.74) is 0.837. The number of nitrogens with zero attached hydrogens (tertiary/aromatic N) is 1. The van der Waals surface area contributed by atoms with Gasteiger partial charge in [-0.3, -0.25) is 9.59 Å². The molecule has 0 aliphatic heterocycles. The van der Waals surface area contributed by atoms with E-state index < -0.39 is 29.9 Å². The van der Waals surface area contributed by atoms with Gasteiger partial charge in [0.15, 0.2) is 0 Å². The fraction of sp³-hybridized carbons (Fsp3) is 0.412. The Labute approximate surface area is 140 Å². The van der Waals surface area contributed by atoms with Gasteiger partial charge in [-0.1, -0.05) is 30.3 Å². The maximum atomic E-state index is 12.4. The van der Waals surface area contributed by atoms with Crippen molar-refractivity contribution in [3.63, 3.8) is 0 Å². The Bertz CT molecular complexity index is 624. The largest absolute Gasteiger partial charge is 0.480 e. The second-order valence-corrected chi connectivity index (χ2v) is 5.61. The fourth-order valence-electron chi connectivity index (χ4n) is 2.20. The van der Waals surface area contributed by atoms with E-state index in [1.54, 1.807) is 6.92 Å². The monoisotopic (exact) mass is 331 g/mol. The van der Waals surface area contributed by atoms with Gasteiger partial charge in [0.25, 0.3) is 0 Å². The average Bonchev–Trinajstić information content (AvgIpc) is 2.53. The van der Waals surface area contributed by atoms with Gasteiger partial charge in [0.05, 0.1) is 6.07 Å². The van der Waals surface area contributed by atoms with Crippen molar-refractivity contribution in [2.24, 2.45) is 5.92 Å². The smallest absolute Gasteiger partial charge is 0.326 e. The van der Waals surface area contributed by atoms with E-state index in [0.29, 0.717) is 0 Å². The number of aliphatic carboxylic acids is 1. The molecule has 3 N–H and O–H groups in total. The fourth-order valence-corrected chi connectivity index (χ4v) is 2.20. The second-order valence-electron chi connectivity index (χ2n) is 5.61. The lowest BCUT2D eigenvalue weighted by atomic mass is 10.0. The van der Waals surface area contributed by atoms with Gasteiger partial charge in [0, 0.05) is 19.3 Å². The SMILES string of the molecule is CC(=O)N[C@H](Cc1ccccc1)C(=O)N[C@H](C[C@H](C)C#N)C(=O)O. The zero-order chi connectivity index (χ0) is 18.1. The average molecular weight is 331 g/mol. The molecule has 0 aromatic heterocycles. The van der Waals surface area contributed by atoms with E-state index in [1.807, 2.05) is 36.4 Å². The van der Waals surface area contributed by atoms with Crippen LogP contribution in [0.4, 0.5) is 0 Å². The number of nitriles is 1. The summed E-state index contributed by atoms with van der Waals surface area (Å²) in [5.74, 6) is -2.71. The van der Waals surface area contributed by atoms with Crippen molar-refractivity contribution < 1.29 is 19.5 Å². The Morgan fingerprint density at radius 1 is 1.17 bits per heavy atom. The van der Waals surface area contributed by atoms with Crippen LogP contribution in [0, 0.1) is 17.2 Å². The van der Waals surface area contributed by atoms with Crippen LogP contribution in [0.2, 0.25) is 0 Å². The van der Waals surface area contributed by atoms with E-state index in [0.717, 1.165) is 5.56 Å². The minimum Gasteiger partial charge on any atom is -0.480 e. The number of benzene rings is 1. The molecule has 0 saturated carbocycles. The van der Waals surface area contributed by atoms with E-state index in [9.17, 15) is 19.5 Å². The summed E-state index contributed by atoms with van der Waals surface area (Å²) in [6, 6.07) is 8.96. The number of carboxylic acid groups (broad SMARTS) is 1. The Morgan fingerprint density at radius 2 is 1.79 bits per heavy atom. The number of nitrogens with one attached hydrogen (secondary N) is 2. The van der Waals surface area contributed by atoms with Gasteiger partial charge >= 0.3 is 5.97 Å². The first kappa shape index (κ1) is 19.2. The standard InChI is InChI=1S/C17H21N3O4/c1-11(10-18)8-15(17(23)24)20-16(22)14(19-12(2)21)9-13-6-4-3-5-7-13/h3-7,11,14-15H,8-9H2,1-2H3,(H,19,21)(H,20,22)(H,23,24)/t11-,14+,15+/m0/s1. The van der Waals surface area contributed by atoms with Gasteiger partial charge in [0.1, 0.15) is 12.1 Å². The summed E-state index contributed by atoms with van der Waals surface area (Å²) in [4.78, 5) is 35.0. The molecule has 7 nitrogen and oxygen atoms in total. The summed E-state index contributed by atoms with van der Waals surface area (Å²) < 4.78 is 0. The van der Waals surface area contributed by atoms with Crippen LogP contribution in [0.3, 0.4) is 0 Å². The van der Waals surface area contributed by atoms with E-state index in [-0.39, 0.29) is 18.7 Å². The lowest BCUT2D eigenvalue weighted by molar-refractivity contribution is -0.142. The molecule has 3 atom stereocenters. The first-order chi connectivity index (χ1) is 11.3. The lowest BCUT2D eigenvalue weighted by Crippen LogP contribution is -2.52. The number of carbonyl (C=O) groups excluding carboxylic acids is 2. The summed E-state index contributed by atoms with van der Waals surface area (Å²) in [5, 5.41) is 23.0. The number of carboxylic acids is 1. The van der Waals surface area contributed by atoms with Crippen molar-refractivity contribution in [1.29, 1.82) is 5.26 Å². The van der Waals surface area contributed by atoms with Gasteiger partial charge in [-0.2, -0.15) is 5.26 Å². The molecule has 7 heteroatoms. The molecule has 0 saturated heterocycles. The molecule has 0 unspecified atom stereocenters. The highest BCUT2D eigenvalue weighted by Crippen LogP contribution is 2.08. The van der Waals surface area contributed by atoms with Crippen LogP contribution in [0.5, 0.6) is 0 Å². The third kappa shape index (κ3) is 6.48. The van der Waals surface area contributed by atoms with Crippen LogP contribution in [0.1, 0.15) is 25.8 Å². The molecule has 0 radical (unpaired) electrons. The number of hydrogen-bond donors (Lipinski definition) is 3. The van der Waals surface area contributed by atoms with Gasteiger partial charge < -0.3 is 15.7 Å². The van der Waals surface area contributed by atoms with E-state index in [1.165, 1.54) is 6.92 Å². The minimum atomic E-state index is -1.22. The van der Waals surface area contributed by atoms with Crippen LogP contribution in [-0.2, 0) is 20.8 Å². The molecule has 24 heavy (non-hydrogen) atoms. The maximum Gasteiger partial charge on any atom is 0.326 e. The lowest BCUT2D eigenvalue weighted by Gasteiger charge is -2.21. The summed E-state index contributed by atoms with van der Waals surface area (Å²) in [7, 11) is 0. The van der Waals surface area contributed by atoms with Crippen molar-refractivity contribution in [3.8, 4) is 6.07 Å². The van der Waals surface area contributed by atoms with Crippen LogP contribution < -0.4 is 10.6 Å². The Balaban J connectivity index is 2.84. The van der Waals surface area contributed by atoms with Gasteiger partial charge in [-0.25, -0.2) is 4.79 Å². The second kappa shape index (κ2) is 9.30. The summed E-state index contributed by atoms with van der Waals surface area (Å²) in [6.45, 7) is 2.87. The Morgan fingerprint density at radius 3 is 2.29 bits per heavy atom. The van der Waals surface area contributed by atoms with Crippen molar-refractivity contribution in [2.75, 3.05) is 0 Å². The molecule has 0 spiro atoms. The molecule has 1 aromatic rings. The van der Waals surface area contributed by atoms with E-state index in [2.05, 4.69) is 10.6 Å². The molecule has 0 bridgehead atoms. The molecule has 1 rings (SSSR count). The zero-order valence-corrected chi connectivity index (χ0v) is 13.7. The minimum absolute atomic E-state index is 0.00426. The summed E-state index contributed by atoms with van der Waals surface area (Å²) >= 11 is 0. The van der Waals surface area contributed by atoms with Gasteiger partial charge in [-0.05, 0) is 18.9 Å². The number of rotatable bonds is 8. The molecule has 0 aliphatic carbocycles.